The zero-order valence-electron chi connectivity index (χ0n) is 12.0. The summed E-state index contributed by atoms with van der Waals surface area (Å²) in [6.07, 6.45) is 10.9. The summed E-state index contributed by atoms with van der Waals surface area (Å²) in [5, 5.41) is 0. The van der Waals surface area contributed by atoms with E-state index in [0.29, 0.717) is 11.7 Å². The zero-order chi connectivity index (χ0) is 12.7. The van der Waals surface area contributed by atoms with Crippen molar-refractivity contribution in [3.8, 4) is 0 Å². The second-order valence-corrected chi connectivity index (χ2v) is 6.27. The molecule has 1 saturated carbocycles. The Bertz CT molecular complexity index is 220. The highest BCUT2D eigenvalue weighted by atomic mass is 16.1. The van der Waals surface area contributed by atoms with Crippen LogP contribution >= 0.6 is 0 Å². The summed E-state index contributed by atoms with van der Waals surface area (Å²) >= 11 is 0. The Morgan fingerprint density at radius 2 is 2.06 bits per heavy atom. The third-order valence-electron chi connectivity index (χ3n) is 4.13. The van der Waals surface area contributed by atoms with Gasteiger partial charge in [-0.3, -0.25) is 4.79 Å². The number of hydrogen-bond acceptors (Lipinski definition) is 1. The number of rotatable bonds is 7. The predicted octanol–water partition coefficient (Wildman–Crippen LogP) is 4.99. The Morgan fingerprint density at radius 1 is 1.29 bits per heavy atom. The molecular weight excluding hydrogens is 208 g/mol. The van der Waals surface area contributed by atoms with Crippen LogP contribution < -0.4 is 0 Å². The summed E-state index contributed by atoms with van der Waals surface area (Å²) in [5.74, 6) is 2.62. The van der Waals surface area contributed by atoms with Crippen molar-refractivity contribution >= 4 is 5.78 Å². The van der Waals surface area contributed by atoms with Gasteiger partial charge in [0.05, 0.1) is 0 Å². The Labute approximate surface area is 107 Å². The summed E-state index contributed by atoms with van der Waals surface area (Å²) in [5.41, 5.74) is 0. The fraction of sp³-hybridized carbons (Fsp3) is 0.938. The van der Waals surface area contributed by atoms with Crippen LogP contribution in [0.4, 0.5) is 0 Å². The van der Waals surface area contributed by atoms with Gasteiger partial charge in [0, 0.05) is 12.3 Å². The van der Waals surface area contributed by atoms with Crippen molar-refractivity contribution in [3.05, 3.63) is 0 Å². The molecule has 0 amide bonds. The molecule has 1 aliphatic carbocycles. The molecule has 0 heterocycles. The molecule has 0 saturated heterocycles. The molecule has 0 aliphatic heterocycles. The molecule has 1 heteroatoms. The number of Topliss-reactive ketones (excluding diaryl/α,β-unsaturated/α-hetero) is 1. The van der Waals surface area contributed by atoms with E-state index in [4.69, 9.17) is 0 Å². The fourth-order valence-corrected chi connectivity index (χ4v) is 3.11. The van der Waals surface area contributed by atoms with Crippen molar-refractivity contribution in [1.82, 2.24) is 0 Å². The van der Waals surface area contributed by atoms with Gasteiger partial charge in [-0.1, -0.05) is 52.9 Å². The maximum absolute atomic E-state index is 11.9. The van der Waals surface area contributed by atoms with Crippen molar-refractivity contribution in [3.63, 3.8) is 0 Å². The maximum Gasteiger partial charge on any atom is 0.135 e. The Morgan fingerprint density at radius 3 is 2.71 bits per heavy atom. The topological polar surface area (TPSA) is 17.1 Å². The first kappa shape index (κ1) is 14.7. The highest BCUT2D eigenvalue weighted by Gasteiger charge is 2.26. The highest BCUT2D eigenvalue weighted by molar-refractivity contribution is 5.80. The highest BCUT2D eigenvalue weighted by Crippen LogP contribution is 2.33. The summed E-state index contributed by atoms with van der Waals surface area (Å²) in [6.45, 7) is 6.71. The number of hydrogen-bond donors (Lipinski definition) is 0. The summed E-state index contributed by atoms with van der Waals surface area (Å²) in [4.78, 5) is 11.9. The molecule has 2 unspecified atom stereocenters. The van der Waals surface area contributed by atoms with Gasteiger partial charge in [-0.05, 0) is 31.1 Å². The first-order chi connectivity index (χ1) is 8.13. The van der Waals surface area contributed by atoms with E-state index in [9.17, 15) is 4.79 Å². The standard InChI is InChI=1S/C16H30O/c1-4-7-16(17)15-11-6-10-14(12-15)9-5-8-13(2)3/h13-15H,4-12H2,1-3H3. The average molecular weight is 238 g/mol. The Balaban J connectivity index is 2.26. The van der Waals surface area contributed by atoms with Crippen LogP contribution in [0.5, 0.6) is 0 Å². The lowest BCUT2D eigenvalue weighted by Gasteiger charge is -2.28. The van der Waals surface area contributed by atoms with E-state index in [1.165, 1.54) is 44.9 Å². The number of carbonyl (C=O) groups is 1. The second kappa shape index (κ2) is 7.89. The normalized spacial score (nSPS) is 25.2. The van der Waals surface area contributed by atoms with Crippen LogP contribution in [0.3, 0.4) is 0 Å². The number of ketones is 1. The van der Waals surface area contributed by atoms with Gasteiger partial charge in [0.25, 0.3) is 0 Å². The van der Waals surface area contributed by atoms with E-state index in [1.54, 1.807) is 0 Å². The van der Waals surface area contributed by atoms with Crippen LogP contribution in [0.1, 0.15) is 78.6 Å². The van der Waals surface area contributed by atoms with E-state index in [-0.39, 0.29) is 0 Å². The molecule has 0 radical (unpaired) electrons. The average Bonchev–Trinajstić information content (AvgIpc) is 2.29. The molecule has 0 N–H and O–H groups in total. The molecule has 0 bridgehead atoms. The molecule has 0 aromatic carbocycles. The van der Waals surface area contributed by atoms with E-state index >= 15 is 0 Å². The van der Waals surface area contributed by atoms with Gasteiger partial charge < -0.3 is 0 Å². The van der Waals surface area contributed by atoms with Gasteiger partial charge in [0.1, 0.15) is 5.78 Å². The van der Waals surface area contributed by atoms with Crippen LogP contribution in [0.25, 0.3) is 0 Å². The van der Waals surface area contributed by atoms with Crippen molar-refractivity contribution in [2.75, 3.05) is 0 Å². The Hall–Kier alpha value is -0.330. The van der Waals surface area contributed by atoms with Gasteiger partial charge in [-0.15, -0.1) is 0 Å². The van der Waals surface area contributed by atoms with Crippen LogP contribution in [0.2, 0.25) is 0 Å². The minimum atomic E-state index is 0.410. The molecule has 17 heavy (non-hydrogen) atoms. The smallest absolute Gasteiger partial charge is 0.135 e. The van der Waals surface area contributed by atoms with Gasteiger partial charge in [0.2, 0.25) is 0 Å². The van der Waals surface area contributed by atoms with E-state index in [2.05, 4.69) is 20.8 Å². The largest absolute Gasteiger partial charge is 0.299 e. The minimum Gasteiger partial charge on any atom is -0.299 e. The molecule has 2 atom stereocenters. The number of carbonyl (C=O) groups excluding carboxylic acids is 1. The molecular formula is C16H30O. The van der Waals surface area contributed by atoms with Gasteiger partial charge in [0.15, 0.2) is 0 Å². The quantitative estimate of drug-likeness (QED) is 0.611. The summed E-state index contributed by atoms with van der Waals surface area (Å²) in [7, 11) is 0. The van der Waals surface area contributed by atoms with E-state index < -0.39 is 0 Å². The maximum atomic E-state index is 11.9. The van der Waals surface area contributed by atoms with Crippen molar-refractivity contribution < 1.29 is 4.79 Å². The summed E-state index contributed by atoms with van der Waals surface area (Å²) < 4.78 is 0. The monoisotopic (exact) mass is 238 g/mol. The third-order valence-corrected chi connectivity index (χ3v) is 4.13. The van der Waals surface area contributed by atoms with Gasteiger partial charge in [-0.25, -0.2) is 0 Å². The second-order valence-electron chi connectivity index (χ2n) is 6.27. The third kappa shape index (κ3) is 5.70. The molecule has 0 aromatic heterocycles. The Kier molecular flexibility index (Phi) is 6.84. The molecule has 1 fully saturated rings. The molecule has 100 valence electrons. The molecule has 1 rings (SSSR count). The van der Waals surface area contributed by atoms with Crippen molar-refractivity contribution in [1.29, 1.82) is 0 Å². The van der Waals surface area contributed by atoms with Gasteiger partial charge in [-0.2, -0.15) is 0 Å². The lowest BCUT2D eigenvalue weighted by Crippen LogP contribution is -2.22. The first-order valence-electron chi connectivity index (χ1n) is 7.66. The zero-order valence-corrected chi connectivity index (χ0v) is 12.0. The van der Waals surface area contributed by atoms with E-state index in [1.807, 2.05) is 0 Å². The van der Waals surface area contributed by atoms with Crippen LogP contribution in [0, 0.1) is 17.8 Å². The molecule has 1 nitrogen and oxygen atoms in total. The lowest BCUT2D eigenvalue weighted by atomic mass is 9.76. The molecule has 1 aliphatic rings. The summed E-state index contributed by atoms with van der Waals surface area (Å²) in [6, 6.07) is 0. The van der Waals surface area contributed by atoms with Gasteiger partial charge >= 0.3 is 0 Å². The van der Waals surface area contributed by atoms with Crippen molar-refractivity contribution in [2.45, 2.75) is 78.6 Å². The molecule has 0 aromatic rings. The van der Waals surface area contributed by atoms with Crippen LogP contribution in [-0.2, 0) is 4.79 Å². The SMILES string of the molecule is CCCC(=O)C1CCCC(CCCC(C)C)C1. The molecule has 0 spiro atoms. The lowest BCUT2D eigenvalue weighted by molar-refractivity contribution is -0.124. The minimum absolute atomic E-state index is 0.410. The predicted molar refractivity (Wildman–Crippen MR) is 74.1 cm³/mol. The fourth-order valence-electron chi connectivity index (χ4n) is 3.11. The first-order valence-corrected chi connectivity index (χ1v) is 7.66. The van der Waals surface area contributed by atoms with Crippen molar-refractivity contribution in [2.24, 2.45) is 17.8 Å². The van der Waals surface area contributed by atoms with E-state index in [0.717, 1.165) is 24.7 Å². The van der Waals surface area contributed by atoms with Crippen LogP contribution in [0.15, 0.2) is 0 Å². The van der Waals surface area contributed by atoms with Crippen LogP contribution in [-0.4, -0.2) is 5.78 Å².